The molecule has 2 aromatic heterocycles. The van der Waals surface area contributed by atoms with E-state index >= 15 is 0 Å². The van der Waals surface area contributed by atoms with Crippen LogP contribution < -0.4 is 13.9 Å². The zero-order valence-electron chi connectivity index (χ0n) is 41.7. The minimum Gasteiger partial charge on any atom is -0.509 e. The number of nitrogens with zero attached hydrogens (tertiary/aromatic N) is 4. The van der Waals surface area contributed by atoms with Crippen LogP contribution >= 0.6 is 0 Å². The summed E-state index contributed by atoms with van der Waals surface area (Å²) in [5.74, 6) is 2.04. The van der Waals surface area contributed by atoms with Gasteiger partial charge in [0.05, 0.1) is 0 Å². The average Bonchev–Trinajstić information content (AvgIpc) is 3.81. The Morgan fingerprint density at radius 2 is 1.15 bits per heavy atom. The Morgan fingerprint density at radius 1 is 0.522 bits per heavy atom. The van der Waals surface area contributed by atoms with E-state index in [1.54, 1.807) is 0 Å². The molecule has 0 saturated carbocycles. The standard InChI is InChI=1S/C61H64N4O.Pt/c1-57(2,3)41-26-29-52-50(35-41)49-28-27-48(38-54(49)65(52)55-36-42(30-31-62-55)58(4,5)6)66-47-23-18-22-45(37-47)63-39-64(46-33-43(59(7,8)9)32-44(34-46)60(10,11)12)56-51(24-19-25-53(56)63)61(13,14)40-20-16-15-17-21-40;/h15-36H,1-14H3;/q;+2. The van der Waals surface area contributed by atoms with Crippen LogP contribution in [0, 0.1) is 12.1 Å². The molecule has 67 heavy (non-hydrogen) atoms. The van der Waals surface area contributed by atoms with Crippen LogP contribution in [-0.4, -0.2) is 15.6 Å². The monoisotopic (exact) mass is 1060 g/mol. The summed E-state index contributed by atoms with van der Waals surface area (Å²) in [5.41, 5.74) is 13.1. The van der Waals surface area contributed by atoms with E-state index in [0.717, 1.165) is 50.4 Å². The zero-order valence-corrected chi connectivity index (χ0v) is 44.0. The zero-order chi connectivity index (χ0) is 47.1. The summed E-state index contributed by atoms with van der Waals surface area (Å²) >= 11 is 0. The van der Waals surface area contributed by atoms with Crippen LogP contribution in [0.4, 0.5) is 22.7 Å². The van der Waals surface area contributed by atoms with Gasteiger partial charge in [0, 0.05) is 52.4 Å². The van der Waals surface area contributed by atoms with Gasteiger partial charge in [0.25, 0.3) is 5.69 Å². The number of aromatic nitrogens is 2. The number of ether oxygens (including phenoxy) is 1. The third-order valence-electron chi connectivity index (χ3n) is 13.3. The molecule has 342 valence electrons. The first-order valence-electron chi connectivity index (χ1n) is 23.4. The maximum absolute atomic E-state index is 6.76. The molecule has 0 fully saturated rings. The molecule has 0 spiro atoms. The van der Waals surface area contributed by atoms with Crippen LogP contribution in [-0.2, 0) is 48.1 Å². The Hall–Kier alpha value is -5.86. The number of hydrogen-bond donors (Lipinski definition) is 0. The summed E-state index contributed by atoms with van der Waals surface area (Å²) in [6.07, 6.45) is 1.92. The smallest absolute Gasteiger partial charge is 0.509 e. The first-order chi connectivity index (χ1) is 31.0. The summed E-state index contributed by atoms with van der Waals surface area (Å²) in [7, 11) is 0. The van der Waals surface area contributed by atoms with Crippen molar-refractivity contribution >= 4 is 50.6 Å². The molecule has 6 heteroatoms. The van der Waals surface area contributed by atoms with Crippen molar-refractivity contribution < 1.29 is 25.8 Å². The Bertz CT molecular complexity index is 3230. The van der Waals surface area contributed by atoms with Crippen molar-refractivity contribution in [3.63, 3.8) is 0 Å². The molecule has 6 aromatic carbocycles. The molecule has 0 aliphatic carbocycles. The van der Waals surface area contributed by atoms with Crippen molar-refractivity contribution in [2.45, 2.75) is 124 Å². The Kier molecular flexibility index (Phi) is 12.1. The van der Waals surface area contributed by atoms with Crippen molar-refractivity contribution in [1.82, 2.24) is 18.7 Å². The Morgan fingerprint density at radius 3 is 1.81 bits per heavy atom. The summed E-state index contributed by atoms with van der Waals surface area (Å²) < 4.78 is 13.4. The molecule has 0 amide bonds. The third-order valence-corrected chi connectivity index (χ3v) is 13.3. The van der Waals surface area contributed by atoms with Gasteiger partial charge in [0.2, 0.25) is 5.69 Å². The molecule has 1 aliphatic heterocycles. The van der Waals surface area contributed by atoms with Gasteiger partial charge in [-0.05, 0) is 77.6 Å². The topological polar surface area (TPSA) is 33.1 Å². The van der Waals surface area contributed by atoms with Crippen LogP contribution in [0.25, 0.3) is 27.6 Å². The van der Waals surface area contributed by atoms with E-state index in [9.17, 15) is 0 Å². The van der Waals surface area contributed by atoms with Gasteiger partial charge < -0.3 is 9.30 Å². The van der Waals surface area contributed by atoms with Crippen molar-refractivity contribution in [1.29, 1.82) is 0 Å². The fourth-order valence-electron chi connectivity index (χ4n) is 9.08. The Labute approximate surface area is 413 Å². The molecule has 0 unspecified atom stereocenters. The normalized spacial score (nSPS) is 13.3. The number of benzene rings is 6. The number of para-hydroxylation sites is 1. The van der Waals surface area contributed by atoms with Crippen LogP contribution in [0.2, 0.25) is 0 Å². The molecule has 0 bridgehead atoms. The molecular formula is C61H64N4OPt+2. The van der Waals surface area contributed by atoms with Gasteiger partial charge in [-0.1, -0.05) is 180 Å². The Balaban J connectivity index is 0.00000608. The van der Waals surface area contributed by atoms with Crippen LogP contribution in [0.5, 0.6) is 11.5 Å². The van der Waals surface area contributed by atoms with E-state index in [1.165, 1.54) is 33.4 Å². The number of rotatable bonds is 7. The van der Waals surface area contributed by atoms with Gasteiger partial charge in [-0.25, -0.2) is 4.98 Å². The summed E-state index contributed by atoms with van der Waals surface area (Å²) in [4.78, 5) is 4.93. The molecule has 5 nitrogen and oxygen atoms in total. The number of fused-ring (bicyclic) bond motifs is 4. The molecular weight excluding hydrogens is 1000 g/mol. The SMILES string of the molecule is CC(C)(C)c1cc([N+]2=C=[N+](c3[c-]c(Oc4[c-]c5c(cc4)c4cc(C(C)(C)C)ccc4n5-c4cc(C(C)(C)C)ccn4)ccc3)c3cccc(C(C)(C)c4ccccc4)c32)cc(C(C)(C)C)c1.[Pt+2]. The predicted molar refractivity (Wildman–Crippen MR) is 277 cm³/mol. The first-order valence-corrected chi connectivity index (χ1v) is 23.4. The van der Waals surface area contributed by atoms with Gasteiger partial charge >= 0.3 is 32.8 Å². The largest absolute Gasteiger partial charge is 2.00 e. The average molecular weight is 1060 g/mol. The second-order valence-electron chi connectivity index (χ2n) is 22.8. The van der Waals surface area contributed by atoms with Gasteiger partial charge in [-0.15, -0.1) is 23.6 Å². The molecule has 9 rings (SSSR count). The van der Waals surface area contributed by atoms with E-state index in [1.807, 2.05) is 24.4 Å². The van der Waals surface area contributed by atoms with E-state index in [0.29, 0.717) is 11.5 Å². The molecule has 0 atom stereocenters. The fourth-order valence-corrected chi connectivity index (χ4v) is 9.08. The summed E-state index contributed by atoms with van der Waals surface area (Å²) in [6, 6.07) is 57.1. The molecule has 0 radical (unpaired) electrons. The van der Waals surface area contributed by atoms with Crippen LogP contribution in [0.1, 0.15) is 130 Å². The quantitative estimate of drug-likeness (QED) is 0.118. The molecule has 0 N–H and O–H groups in total. The van der Waals surface area contributed by atoms with Gasteiger partial charge in [-0.2, -0.15) is 12.1 Å². The van der Waals surface area contributed by atoms with Gasteiger partial charge in [-0.3, -0.25) is 0 Å². The van der Waals surface area contributed by atoms with E-state index < -0.39 is 0 Å². The maximum atomic E-state index is 6.76. The van der Waals surface area contributed by atoms with Gasteiger partial charge in [0.15, 0.2) is 0 Å². The maximum Gasteiger partial charge on any atom is 2.00 e. The minimum atomic E-state index is -0.319. The molecule has 8 aromatic rings. The van der Waals surface area contributed by atoms with E-state index in [-0.39, 0.29) is 48.1 Å². The van der Waals surface area contributed by atoms with Crippen molar-refractivity contribution in [2.75, 3.05) is 0 Å². The molecule has 0 saturated heterocycles. The van der Waals surface area contributed by atoms with Gasteiger partial charge in [0.1, 0.15) is 11.5 Å². The summed E-state index contributed by atoms with van der Waals surface area (Å²) in [6.45, 7) is 31.9. The third kappa shape index (κ3) is 9.02. The second-order valence-corrected chi connectivity index (χ2v) is 22.8. The molecule has 1 aliphatic rings. The van der Waals surface area contributed by atoms with E-state index in [4.69, 9.17) is 9.72 Å². The molecule has 3 heterocycles. The summed E-state index contributed by atoms with van der Waals surface area (Å²) in [5, 5.41) is 2.26. The van der Waals surface area contributed by atoms with Crippen molar-refractivity contribution in [2.24, 2.45) is 0 Å². The second kappa shape index (κ2) is 17.0. The van der Waals surface area contributed by atoms with E-state index in [2.05, 4.69) is 238 Å². The minimum absolute atomic E-state index is 0. The first kappa shape index (κ1) is 47.6. The predicted octanol–water partition coefficient (Wildman–Crippen LogP) is 15.9. The van der Waals surface area contributed by atoms with Crippen LogP contribution in [0.3, 0.4) is 0 Å². The number of hydrogen-bond acceptors (Lipinski definition) is 2. The number of pyridine rings is 1. The fraction of sp³-hybridized carbons (Fsp3) is 0.311. The van der Waals surface area contributed by atoms with Crippen molar-refractivity contribution in [3.8, 4) is 17.3 Å². The van der Waals surface area contributed by atoms with Crippen LogP contribution in [0.15, 0.2) is 134 Å². The van der Waals surface area contributed by atoms with Crippen molar-refractivity contribution in [3.05, 3.63) is 179 Å².